The number of ether oxygens (including phenoxy) is 1. The fourth-order valence-electron chi connectivity index (χ4n) is 5.84. The topological polar surface area (TPSA) is 90.4 Å². The zero-order chi connectivity index (χ0) is 29.4. The van der Waals surface area contributed by atoms with Crippen molar-refractivity contribution in [1.29, 1.82) is 0 Å². The van der Waals surface area contributed by atoms with E-state index in [1.54, 1.807) is 45.0 Å². The third-order valence-corrected chi connectivity index (χ3v) is 8.77. The summed E-state index contributed by atoms with van der Waals surface area (Å²) >= 11 is 1.29. The molecule has 0 aliphatic carbocycles. The molecule has 2 atom stereocenters. The lowest BCUT2D eigenvalue weighted by molar-refractivity contribution is -0.135. The van der Waals surface area contributed by atoms with Gasteiger partial charge in [-0.2, -0.15) is 0 Å². The number of rotatable bonds is 6. The number of thiophene rings is 1. The minimum Gasteiger partial charge on any atom is -0.508 e. The van der Waals surface area contributed by atoms with Gasteiger partial charge in [-0.3, -0.25) is 14.5 Å². The first-order chi connectivity index (χ1) is 20.3. The second-order valence-electron chi connectivity index (χ2n) is 11.3. The second-order valence-corrected chi connectivity index (χ2v) is 12.3. The number of anilines is 1. The summed E-state index contributed by atoms with van der Waals surface area (Å²) in [5.41, 5.74) is 2.39. The lowest BCUT2D eigenvalue weighted by Crippen LogP contribution is -2.60. The van der Waals surface area contributed by atoms with Gasteiger partial charge in [-0.15, -0.1) is 11.3 Å². The molecule has 216 valence electrons. The molecular weight excluding hydrogens is 550 g/mol. The molecule has 4 aromatic rings. The predicted molar refractivity (Wildman–Crippen MR) is 162 cm³/mol. The molecule has 0 spiro atoms. The van der Waals surface area contributed by atoms with E-state index in [4.69, 9.17) is 4.74 Å². The molecule has 3 amide bonds. The van der Waals surface area contributed by atoms with Crippen LogP contribution < -0.4 is 4.90 Å². The maximum atomic E-state index is 14.3. The summed E-state index contributed by atoms with van der Waals surface area (Å²) in [6.07, 6.45) is -0.861. The van der Waals surface area contributed by atoms with Gasteiger partial charge in [0.25, 0.3) is 5.91 Å². The maximum absolute atomic E-state index is 14.3. The molecule has 2 aliphatic rings. The SMILES string of the molecule is CC(C)COC(=O)N1c2ccsc2C(=O)N2C[C@@H](Cc3ccc(O)cc3)C(=O)N(Cc3cccc4ccccc34)CC21. The first-order valence-electron chi connectivity index (χ1n) is 14.2. The van der Waals surface area contributed by atoms with Gasteiger partial charge in [-0.25, -0.2) is 4.79 Å². The van der Waals surface area contributed by atoms with E-state index >= 15 is 0 Å². The average molecular weight is 584 g/mol. The number of aromatic hydroxyl groups is 1. The molecule has 1 aromatic heterocycles. The van der Waals surface area contributed by atoms with E-state index in [-0.39, 0.29) is 43.2 Å². The molecule has 2 aliphatic heterocycles. The summed E-state index contributed by atoms with van der Waals surface area (Å²) in [5, 5.41) is 13.7. The molecule has 9 heteroatoms. The summed E-state index contributed by atoms with van der Waals surface area (Å²) in [6, 6.07) is 22.7. The summed E-state index contributed by atoms with van der Waals surface area (Å²) < 4.78 is 5.69. The fraction of sp³-hybridized carbons (Fsp3) is 0.303. The first kappa shape index (κ1) is 27.8. The Morgan fingerprint density at radius 3 is 2.55 bits per heavy atom. The van der Waals surface area contributed by atoms with Gasteiger partial charge in [-0.1, -0.05) is 68.4 Å². The van der Waals surface area contributed by atoms with Crippen molar-refractivity contribution in [1.82, 2.24) is 9.80 Å². The molecule has 1 fully saturated rings. The van der Waals surface area contributed by atoms with Crippen molar-refractivity contribution >= 4 is 45.7 Å². The van der Waals surface area contributed by atoms with E-state index in [1.165, 1.54) is 11.3 Å². The van der Waals surface area contributed by atoms with Crippen molar-refractivity contribution in [3.63, 3.8) is 0 Å². The Labute approximate surface area is 248 Å². The molecule has 6 rings (SSSR count). The van der Waals surface area contributed by atoms with Crippen LogP contribution in [-0.4, -0.2) is 58.7 Å². The minimum absolute atomic E-state index is 0.0861. The number of phenols is 1. The predicted octanol–water partition coefficient (Wildman–Crippen LogP) is 5.89. The van der Waals surface area contributed by atoms with Gasteiger partial charge in [0.1, 0.15) is 16.8 Å². The van der Waals surface area contributed by atoms with Gasteiger partial charge in [-0.05, 0) is 57.8 Å². The Morgan fingerprint density at radius 2 is 1.76 bits per heavy atom. The van der Waals surface area contributed by atoms with Crippen LogP contribution in [0.1, 0.15) is 34.6 Å². The van der Waals surface area contributed by atoms with Crippen LogP contribution >= 0.6 is 11.3 Å². The molecule has 1 unspecified atom stereocenters. The van der Waals surface area contributed by atoms with Crippen molar-refractivity contribution in [2.24, 2.45) is 11.8 Å². The van der Waals surface area contributed by atoms with Crippen LogP contribution in [0.3, 0.4) is 0 Å². The third-order valence-electron chi connectivity index (χ3n) is 7.88. The van der Waals surface area contributed by atoms with Gasteiger partial charge in [0.05, 0.1) is 24.8 Å². The number of carbonyl (C=O) groups excluding carboxylic acids is 3. The molecule has 8 nitrogen and oxygen atoms in total. The Bertz CT molecular complexity index is 1630. The maximum Gasteiger partial charge on any atom is 0.416 e. The Hall–Kier alpha value is -4.37. The number of hydrogen-bond donors (Lipinski definition) is 1. The first-order valence-corrected chi connectivity index (χ1v) is 15.1. The lowest BCUT2D eigenvalue weighted by atomic mass is 9.96. The van der Waals surface area contributed by atoms with E-state index in [1.807, 2.05) is 61.7 Å². The summed E-state index contributed by atoms with van der Waals surface area (Å²) in [7, 11) is 0. The fourth-order valence-corrected chi connectivity index (χ4v) is 6.68. The van der Waals surface area contributed by atoms with E-state index in [0.717, 1.165) is 21.9 Å². The molecule has 42 heavy (non-hydrogen) atoms. The molecule has 0 radical (unpaired) electrons. The minimum atomic E-state index is -0.719. The van der Waals surface area contributed by atoms with Gasteiger partial charge < -0.3 is 19.6 Å². The second kappa shape index (κ2) is 11.5. The Morgan fingerprint density at radius 1 is 1.00 bits per heavy atom. The standard InChI is InChI=1S/C33H33N3O5S/c1-21(2)20-41-33(40)36-28-14-15-42-30(28)32(39)35-18-25(16-22-10-12-26(37)13-11-22)31(38)34(19-29(35)36)17-24-8-5-7-23-6-3-4-9-27(23)24/h3-15,21,25,29,37H,16-20H2,1-2H3/t25-,29?/m1/s1. The largest absolute Gasteiger partial charge is 0.508 e. The monoisotopic (exact) mass is 583 g/mol. The van der Waals surface area contributed by atoms with Crippen LogP contribution in [-0.2, 0) is 22.5 Å². The highest BCUT2D eigenvalue weighted by molar-refractivity contribution is 7.12. The van der Waals surface area contributed by atoms with Crippen molar-refractivity contribution in [3.05, 3.63) is 94.2 Å². The van der Waals surface area contributed by atoms with Crippen LogP contribution in [0.5, 0.6) is 5.75 Å². The van der Waals surface area contributed by atoms with E-state index in [0.29, 0.717) is 23.5 Å². The van der Waals surface area contributed by atoms with Crippen molar-refractivity contribution in [3.8, 4) is 5.75 Å². The van der Waals surface area contributed by atoms with Crippen molar-refractivity contribution in [2.75, 3.05) is 24.6 Å². The number of amides is 3. The Balaban J connectivity index is 1.41. The summed E-state index contributed by atoms with van der Waals surface area (Å²) in [5.74, 6) is -0.527. The van der Waals surface area contributed by atoms with Crippen molar-refractivity contribution in [2.45, 2.75) is 33.0 Å². The van der Waals surface area contributed by atoms with Crippen LogP contribution in [0.15, 0.2) is 78.2 Å². The van der Waals surface area contributed by atoms with Gasteiger partial charge >= 0.3 is 6.09 Å². The van der Waals surface area contributed by atoms with Crippen LogP contribution in [0.25, 0.3) is 10.8 Å². The number of nitrogens with zero attached hydrogens (tertiary/aromatic N) is 3. The zero-order valence-electron chi connectivity index (χ0n) is 23.6. The van der Waals surface area contributed by atoms with Gasteiger partial charge in [0.15, 0.2) is 0 Å². The average Bonchev–Trinajstić information content (AvgIpc) is 3.43. The van der Waals surface area contributed by atoms with Crippen molar-refractivity contribution < 1.29 is 24.2 Å². The van der Waals surface area contributed by atoms with Crippen LogP contribution in [0, 0.1) is 11.8 Å². The molecule has 0 bridgehead atoms. The highest BCUT2D eigenvalue weighted by Gasteiger charge is 2.47. The van der Waals surface area contributed by atoms with Gasteiger partial charge in [0.2, 0.25) is 5.91 Å². The lowest BCUT2D eigenvalue weighted by Gasteiger charge is -2.42. The van der Waals surface area contributed by atoms with E-state index in [9.17, 15) is 19.5 Å². The van der Waals surface area contributed by atoms with E-state index < -0.39 is 18.2 Å². The number of fused-ring (bicyclic) bond motifs is 3. The number of hydrogen-bond acceptors (Lipinski definition) is 6. The molecular formula is C33H33N3O5S. The molecule has 3 heterocycles. The highest BCUT2D eigenvalue weighted by atomic mass is 32.1. The normalized spacial score (nSPS) is 18.7. The Kier molecular flexibility index (Phi) is 7.60. The van der Waals surface area contributed by atoms with E-state index in [2.05, 4.69) is 0 Å². The molecule has 1 saturated heterocycles. The summed E-state index contributed by atoms with van der Waals surface area (Å²) in [4.78, 5) is 47.3. The molecule has 3 aromatic carbocycles. The van der Waals surface area contributed by atoms with Gasteiger partial charge in [0, 0.05) is 13.1 Å². The smallest absolute Gasteiger partial charge is 0.416 e. The number of carbonyl (C=O) groups is 3. The molecule has 0 saturated carbocycles. The summed E-state index contributed by atoms with van der Waals surface area (Å²) in [6.45, 7) is 4.82. The highest BCUT2D eigenvalue weighted by Crippen LogP contribution is 2.38. The molecule has 1 N–H and O–H groups in total. The quantitative estimate of drug-likeness (QED) is 0.306. The zero-order valence-corrected chi connectivity index (χ0v) is 24.4. The number of benzene rings is 3. The van der Waals surface area contributed by atoms with Crippen LogP contribution in [0.4, 0.5) is 10.5 Å². The van der Waals surface area contributed by atoms with Crippen LogP contribution in [0.2, 0.25) is 0 Å². The third kappa shape index (κ3) is 5.32. The number of phenolic OH excluding ortho intramolecular Hbond substituents is 1.